The Kier molecular flexibility index (Phi) is 4.32. The first kappa shape index (κ1) is 13.7. The van der Waals surface area contributed by atoms with Crippen LogP contribution in [0, 0.1) is 17.0 Å². The van der Waals surface area contributed by atoms with Crippen LogP contribution in [0.4, 0.5) is 5.69 Å². The standard InChI is InChI=1S/C15H14BrNO2/c1-11-3-2-4-13(9-11)15(16)10-12-5-7-14(8-6-12)17(18)19/h2-9,15H,10H2,1H3. The van der Waals surface area contributed by atoms with Crippen molar-refractivity contribution in [3.05, 3.63) is 75.3 Å². The van der Waals surface area contributed by atoms with Crippen LogP contribution in [0.25, 0.3) is 0 Å². The molecule has 0 aliphatic heterocycles. The molecule has 2 aromatic carbocycles. The number of nitro benzene ring substituents is 1. The normalized spacial score (nSPS) is 12.1. The van der Waals surface area contributed by atoms with Gasteiger partial charge in [-0.25, -0.2) is 0 Å². The van der Waals surface area contributed by atoms with Gasteiger partial charge in [-0.15, -0.1) is 0 Å². The van der Waals surface area contributed by atoms with Crippen LogP contribution < -0.4 is 0 Å². The number of halogens is 1. The Labute approximate surface area is 120 Å². The third kappa shape index (κ3) is 3.64. The highest BCUT2D eigenvalue weighted by Crippen LogP contribution is 2.28. The lowest BCUT2D eigenvalue weighted by molar-refractivity contribution is -0.384. The number of alkyl halides is 1. The van der Waals surface area contributed by atoms with Crippen LogP contribution >= 0.6 is 15.9 Å². The molecule has 3 nitrogen and oxygen atoms in total. The van der Waals surface area contributed by atoms with E-state index in [1.165, 1.54) is 11.1 Å². The number of benzene rings is 2. The monoisotopic (exact) mass is 319 g/mol. The molecule has 0 heterocycles. The molecule has 0 radical (unpaired) electrons. The van der Waals surface area contributed by atoms with E-state index in [-0.39, 0.29) is 15.4 Å². The molecule has 19 heavy (non-hydrogen) atoms. The van der Waals surface area contributed by atoms with Crippen LogP contribution in [-0.2, 0) is 6.42 Å². The van der Waals surface area contributed by atoms with Gasteiger partial charge in [-0.1, -0.05) is 57.9 Å². The first-order valence-electron chi connectivity index (χ1n) is 6.00. The first-order valence-corrected chi connectivity index (χ1v) is 6.92. The molecule has 0 saturated heterocycles. The number of nitro groups is 1. The molecule has 0 spiro atoms. The van der Waals surface area contributed by atoms with E-state index in [1.807, 2.05) is 18.2 Å². The zero-order valence-electron chi connectivity index (χ0n) is 10.5. The van der Waals surface area contributed by atoms with Crippen molar-refractivity contribution in [1.82, 2.24) is 0 Å². The first-order chi connectivity index (χ1) is 9.06. The van der Waals surface area contributed by atoms with Gasteiger partial charge in [0.25, 0.3) is 5.69 Å². The third-order valence-corrected chi connectivity index (χ3v) is 3.82. The Morgan fingerprint density at radius 1 is 1.21 bits per heavy atom. The average Bonchev–Trinajstić information content (AvgIpc) is 2.39. The fraction of sp³-hybridized carbons (Fsp3) is 0.200. The Bertz CT molecular complexity index is 581. The van der Waals surface area contributed by atoms with Crippen molar-refractivity contribution >= 4 is 21.6 Å². The Morgan fingerprint density at radius 3 is 2.47 bits per heavy atom. The van der Waals surface area contributed by atoms with Gasteiger partial charge in [0.2, 0.25) is 0 Å². The summed E-state index contributed by atoms with van der Waals surface area (Å²) in [4.78, 5) is 10.4. The quantitative estimate of drug-likeness (QED) is 0.470. The van der Waals surface area contributed by atoms with Crippen LogP contribution in [0.1, 0.15) is 21.5 Å². The van der Waals surface area contributed by atoms with Crippen LogP contribution in [0.2, 0.25) is 0 Å². The maximum absolute atomic E-state index is 10.6. The number of non-ortho nitro benzene ring substituents is 1. The summed E-state index contributed by atoms with van der Waals surface area (Å²) in [7, 11) is 0. The number of hydrogen-bond acceptors (Lipinski definition) is 2. The molecular formula is C15H14BrNO2. The molecule has 98 valence electrons. The SMILES string of the molecule is Cc1cccc(C(Br)Cc2ccc([N+](=O)[O-])cc2)c1. The van der Waals surface area contributed by atoms with Crippen molar-refractivity contribution in [1.29, 1.82) is 0 Å². The average molecular weight is 320 g/mol. The fourth-order valence-electron chi connectivity index (χ4n) is 1.94. The van der Waals surface area contributed by atoms with E-state index < -0.39 is 0 Å². The summed E-state index contributed by atoms with van der Waals surface area (Å²) in [5.41, 5.74) is 3.66. The van der Waals surface area contributed by atoms with E-state index in [4.69, 9.17) is 0 Å². The molecule has 2 aromatic rings. The second kappa shape index (κ2) is 5.97. The molecule has 0 saturated carbocycles. The molecule has 0 aliphatic rings. The molecule has 0 N–H and O–H groups in total. The van der Waals surface area contributed by atoms with Crippen molar-refractivity contribution in [3.8, 4) is 0 Å². The van der Waals surface area contributed by atoms with E-state index in [0.29, 0.717) is 0 Å². The van der Waals surface area contributed by atoms with Gasteiger partial charge in [-0.2, -0.15) is 0 Å². The van der Waals surface area contributed by atoms with Gasteiger partial charge in [-0.05, 0) is 24.5 Å². The predicted octanol–water partition coefficient (Wildman–Crippen LogP) is 4.58. The number of nitrogens with zero attached hydrogens (tertiary/aromatic N) is 1. The molecular weight excluding hydrogens is 306 g/mol. The van der Waals surface area contributed by atoms with Gasteiger partial charge in [-0.3, -0.25) is 10.1 Å². The highest BCUT2D eigenvalue weighted by molar-refractivity contribution is 9.09. The smallest absolute Gasteiger partial charge is 0.258 e. The number of hydrogen-bond donors (Lipinski definition) is 0. The minimum absolute atomic E-state index is 0.130. The summed E-state index contributed by atoms with van der Waals surface area (Å²) < 4.78 is 0. The second-order valence-corrected chi connectivity index (χ2v) is 5.61. The lowest BCUT2D eigenvalue weighted by atomic mass is 10.0. The topological polar surface area (TPSA) is 43.1 Å². The highest BCUT2D eigenvalue weighted by atomic mass is 79.9. The summed E-state index contributed by atoms with van der Waals surface area (Å²) >= 11 is 3.67. The summed E-state index contributed by atoms with van der Waals surface area (Å²) in [6, 6.07) is 15.0. The van der Waals surface area contributed by atoms with Crippen molar-refractivity contribution in [2.45, 2.75) is 18.2 Å². The van der Waals surface area contributed by atoms with Gasteiger partial charge in [0.1, 0.15) is 0 Å². The molecule has 0 aliphatic carbocycles. The van der Waals surface area contributed by atoms with Gasteiger partial charge >= 0.3 is 0 Å². The van der Waals surface area contributed by atoms with Gasteiger partial charge in [0, 0.05) is 17.0 Å². The Morgan fingerprint density at radius 2 is 1.89 bits per heavy atom. The second-order valence-electron chi connectivity index (χ2n) is 4.51. The Balaban J connectivity index is 2.10. The largest absolute Gasteiger partial charge is 0.269 e. The summed E-state index contributed by atoms with van der Waals surface area (Å²) in [6.07, 6.45) is 0.807. The minimum atomic E-state index is -0.379. The predicted molar refractivity (Wildman–Crippen MR) is 79.6 cm³/mol. The maximum Gasteiger partial charge on any atom is 0.269 e. The van der Waals surface area contributed by atoms with Crippen LogP contribution in [-0.4, -0.2) is 4.92 Å². The van der Waals surface area contributed by atoms with Crippen molar-refractivity contribution in [3.63, 3.8) is 0 Å². The van der Waals surface area contributed by atoms with Crippen LogP contribution in [0.15, 0.2) is 48.5 Å². The lowest BCUT2D eigenvalue weighted by Gasteiger charge is -2.11. The van der Waals surface area contributed by atoms with Crippen molar-refractivity contribution in [2.24, 2.45) is 0 Å². The van der Waals surface area contributed by atoms with Crippen molar-refractivity contribution in [2.75, 3.05) is 0 Å². The molecule has 1 atom stereocenters. The molecule has 2 rings (SSSR count). The number of aryl methyl sites for hydroxylation is 1. The van der Waals surface area contributed by atoms with E-state index in [0.717, 1.165) is 12.0 Å². The van der Waals surface area contributed by atoms with E-state index >= 15 is 0 Å². The molecule has 1 unspecified atom stereocenters. The molecule has 0 fully saturated rings. The minimum Gasteiger partial charge on any atom is -0.258 e. The van der Waals surface area contributed by atoms with Crippen LogP contribution in [0.3, 0.4) is 0 Å². The van der Waals surface area contributed by atoms with Gasteiger partial charge in [0.15, 0.2) is 0 Å². The van der Waals surface area contributed by atoms with E-state index in [2.05, 4.69) is 41.1 Å². The highest BCUT2D eigenvalue weighted by Gasteiger charge is 2.10. The van der Waals surface area contributed by atoms with Crippen LogP contribution in [0.5, 0.6) is 0 Å². The zero-order valence-corrected chi connectivity index (χ0v) is 12.1. The zero-order chi connectivity index (χ0) is 13.8. The fourth-order valence-corrected chi connectivity index (χ4v) is 2.60. The molecule has 0 bridgehead atoms. The van der Waals surface area contributed by atoms with E-state index in [9.17, 15) is 10.1 Å². The third-order valence-electron chi connectivity index (χ3n) is 2.97. The summed E-state index contributed by atoms with van der Waals surface area (Å²) in [5.74, 6) is 0. The van der Waals surface area contributed by atoms with Gasteiger partial charge in [0.05, 0.1) is 4.92 Å². The lowest BCUT2D eigenvalue weighted by Crippen LogP contribution is -1.96. The molecule has 4 heteroatoms. The maximum atomic E-state index is 10.6. The van der Waals surface area contributed by atoms with Crippen molar-refractivity contribution < 1.29 is 4.92 Å². The van der Waals surface area contributed by atoms with E-state index in [1.54, 1.807) is 12.1 Å². The molecule has 0 aromatic heterocycles. The number of rotatable bonds is 4. The van der Waals surface area contributed by atoms with Gasteiger partial charge < -0.3 is 0 Å². The Hall–Kier alpha value is -1.68. The molecule has 0 amide bonds. The summed E-state index contributed by atoms with van der Waals surface area (Å²) in [6.45, 7) is 2.06. The summed E-state index contributed by atoms with van der Waals surface area (Å²) in [5, 5.41) is 10.6.